The Morgan fingerprint density at radius 3 is 2.57 bits per heavy atom. The Hall–Kier alpha value is -3.52. The summed E-state index contributed by atoms with van der Waals surface area (Å²) >= 11 is 0. The highest BCUT2D eigenvalue weighted by Crippen LogP contribution is 2.31. The molecular formula is C22H23N5O3. The maximum absolute atomic E-state index is 12.4. The number of amides is 3. The van der Waals surface area contributed by atoms with Crippen LogP contribution in [-0.4, -0.2) is 48.6 Å². The van der Waals surface area contributed by atoms with E-state index in [1.807, 2.05) is 31.2 Å². The molecule has 8 heteroatoms. The number of Topliss-reactive ketones (excluding diaryl/α,β-unsaturated/α-hetero) is 1. The summed E-state index contributed by atoms with van der Waals surface area (Å²) in [5.74, 6) is -1.08. The molecular weight excluding hydrogens is 382 g/mol. The summed E-state index contributed by atoms with van der Waals surface area (Å²) < 4.78 is 0. The van der Waals surface area contributed by atoms with Gasteiger partial charge in [-0.3, -0.25) is 19.4 Å². The molecule has 0 atom stereocenters. The van der Waals surface area contributed by atoms with Crippen LogP contribution in [0.3, 0.4) is 0 Å². The van der Waals surface area contributed by atoms with Gasteiger partial charge in [-0.05, 0) is 56.6 Å². The van der Waals surface area contributed by atoms with Crippen LogP contribution in [0.25, 0.3) is 0 Å². The number of nitrogens with one attached hydrogen (secondary N) is 2. The van der Waals surface area contributed by atoms with Crippen molar-refractivity contribution in [1.82, 2.24) is 10.3 Å². The number of hydrazone groups is 1. The van der Waals surface area contributed by atoms with E-state index in [0.29, 0.717) is 23.6 Å². The number of ketones is 1. The zero-order valence-electron chi connectivity index (χ0n) is 16.7. The van der Waals surface area contributed by atoms with Crippen LogP contribution >= 0.6 is 0 Å². The Morgan fingerprint density at radius 2 is 1.83 bits per heavy atom. The molecule has 3 amide bonds. The third kappa shape index (κ3) is 4.23. The minimum absolute atomic E-state index is 0.306. The lowest BCUT2D eigenvalue weighted by Crippen LogP contribution is -2.39. The molecule has 2 N–H and O–H groups in total. The van der Waals surface area contributed by atoms with Crippen molar-refractivity contribution in [2.75, 3.05) is 30.0 Å². The van der Waals surface area contributed by atoms with Crippen LogP contribution in [0.15, 0.2) is 47.6 Å². The van der Waals surface area contributed by atoms with Crippen LogP contribution in [0.5, 0.6) is 0 Å². The molecule has 0 spiro atoms. The highest BCUT2D eigenvalue weighted by molar-refractivity contribution is 6.52. The summed E-state index contributed by atoms with van der Waals surface area (Å²) in [5, 5.41) is 6.55. The predicted octanol–water partition coefficient (Wildman–Crippen LogP) is 2.73. The van der Waals surface area contributed by atoms with Gasteiger partial charge in [0.05, 0.1) is 24.1 Å². The molecule has 0 unspecified atom stereocenters. The molecule has 0 aliphatic carbocycles. The van der Waals surface area contributed by atoms with Crippen LogP contribution < -0.4 is 15.6 Å². The highest BCUT2D eigenvalue weighted by atomic mass is 16.2. The third-order valence-electron chi connectivity index (χ3n) is 5.23. The first-order valence-electron chi connectivity index (χ1n) is 9.90. The molecule has 2 aliphatic rings. The fourth-order valence-corrected chi connectivity index (χ4v) is 3.62. The minimum atomic E-state index is -0.550. The lowest BCUT2D eigenvalue weighted by molar-refractivity contribution is -0.114. The number of benzene rings is 2. The van der Waals surface area contributed by atoms with Gasteiger partial charge in [0.2, 0.25) is 0 Å². The lowest BCUT2D eigenvalue weighted by Gasteiger charge is -2.23. The van der Waals surface area contributed by atoms with E-state index in [1.165, 1.54) is 11.0 Å². The summed E-state index contributed by atoms with van der Waals surface area (Å²) in [4.78, 5) is 40.6. The molecule has 2 aromatic carbocycles. The highest BCUT2D eigenvalue weighted by Gasteiger charge is 2.37. The van der Waals surface area contributed by atoms with E-state index in [-0.39, 0.29) is 0 Å². The number of carbonyl (C=O) groups excluding carboxylic acids is 3. The largest absolute Gasteiger partial charge is 0.339 e. The Balaban J connectivity index is 1.40. The zero-order valence-corrected chi connectivity index (χ0v) is 16.7. The van der Waals surface area contributed by atoms with Crippen LogP contribution in [0.4, 0.5) is 16.2 Å². The average molecular weight is 405 g/mol. The molecule has 154 valence electrons. The van der Waals surface area contributed by atoms with Crippen LogP contribution in [-0.2, 0) is 4.79 Å². The number of hydrogen-bond acceptors (Lipinski definition) is 5. The number of rotatable bonds is 5. The maximum atomic E-state index is 12.4. The van der Waals surface area contributed by atoms with Crippen molar-refractivity contribution in [1.29, 1.82) is 0 Å². The van der Waals surface area contributed by atoms with Gasteiger partial charge in [-0.15, -0.1) is 0 Å². The summed E-state index contributed by atoms with van der Waals surface area (Å²) in [6.45, 7) is 4.26. The van der Waals surface area contributed by atoms with Crippen LogP contribution in [0.1, 0.15) is 34.3 Å². The Morgan fingerprint density at radius 1 is 1.10 bits per heavy atom. The maximum Gasteiger partial charge on any atom is 0.339 e. The SMILES string of the molecule is Cc1ccc(/C=N/NC(=O)Nc2ccc3c(c2)C(=O)C(=O)N3CN2CCCC2)cc1. The van der Waals surface area contributed by atoms with E-state index in [2.05, 4.69) is 20.7 Å². The molecule has 8 nitrogen and oxygen atoms in total. The lowest BCUT2D eigenvalue weighted by atomic mass is 10.1. The smallest absolute Gasteiger partial charge is 0.306 e. The van der Waals surface area contributed by atoms with E-state index in [1.54, 1.807) is 18.3 Å². The number of aryl methyl sites for hydroxylation is 1. The Labute approximate surface area is 174 Å². The molecule has 0 saturated carbocycles. The number of nitrogens with zero attached hydrogens (tertiary/aromatic N) is 3. The predicted molar refractivity (Wildman–Crippen MR) is 115 cm³/mol. The number of anilines is 2. The van der Waals surface area contributed by atoms with Gasteiger partial charge >= 0.3 is 11.9 Å². The van der Waals surface area contributed by atoms with Gasteiger partial charge in [0.1, 0.15) is 0 Å². The van der Waals surface area contributed by atoms with Gasteiger partial charge in [0.15, 0.2) is 0 Å². The van der Waals surface area contributed by atoms with E-state index in [9.17, 15) is 14.4 Å². The first-order chi connectivity index (χ1) is 14.5. The van der Waals surface area contributed by atoms with Crippen LogP contribution in [0.2, 0.25) is 0 Å². The summed E-state index contributed by atoms with van der Waals surface area (Å²) in [7, 11) is 0. The van der Waals surface area contributed by atoms with Crippen molar-refractivity contribution in [3.8, 4) is 0 Å². The number of urea groups is 1. The van der Waals surface area contributed by atoms with Crippen LogP contribution in [0, 0.1) is 6.92 Å². The second-order valence-electron chi connectivity index (χ2n) is 7.50. The van der Waals surface area contributed by atoms with E-state index >= 15 is 0 Å². The second kappa shape index (κ2) is 8.46. The van der Waals surface area contributed by atoms with Gasteiger partial charge in [-0.1, -0.05) is 29.8 Å². The molecule has 30 heavy (non-hydrogen) atoms. The van der Waals surface area contributed by atoms with Crippen molar-refractivity contribution in [2.24, 2.45) is 5.10 Å². The van der Waals surface area contributed by atoms with Gasteiger partial charge in [0.25, 0.3) is 5.78 Å². The van der Waals surface area contributed by atoms with Gasteiger partial charge in [-0.2, -0.15) is 5.10 Å². The summed E-state index contributed by atoms with van der Waals surface area (Å²) in [6.07, 6.45) is 3.75. The van der Waals surface area contributed by atoms with Crippen molar-refractivity contribution in [2.45, 2.75) is 19.8 Å². The summed E-state index contributed by atoms with van der Waals surface area (Å²) in [5.41, 5.74) is 5.70. The standard InChI is InChI=1S/C22H23N5O3/c1-15-4-6-16(7-5-15)13-23-25-22(30)24-17-8-9-19-18(12-17)20(28)21(29)27(19)14-26-10-2-3-11-26/h4-9,12-13H,2-3,10-11,14H2,1H3,(H2,24,25,30)/b23-13+. The monoisotopic (exact) mass is 405 g/mol. The summed E-state index contributed by atoms with van der Waals surface area (Å²) in [6, 6.07) is 12.1. The molecule has 0 radical (unpaired) electrons. The Kier molecular flexibility index (Phi) is 5.58. The Bertz CT molecular complexity index is 1010. The van der Waals surface area contributed by atoms with Gasteiger partial charge in [-0.25, -0.2) is 10.2 Å². The molecule has 2 heterocycles. The fourth-order valence-electron chi connectivity index (χ4n) is 3.62. The first kappa shape index (κ1) is 19.8. The van der Waals surface area contributed by atoms with E-state index in [0.717, 1.165) is 37.1 Å². The van der Waals surface area contributed by atoms with Crippen molar-refractivity contribution in [3.63, 3.8) is 0 Å². The van der Waals surface area contributed by atoms with Crippen molar-refractivity contribution < 1.29 is 14.4 Å². The number of hydrogen-bond donors (Lipinski definition) is 2. The quantitative estimate of drug-likeness (QED) is 0.454. The third-order valence-corrected chi connectivity index (χ3v) is 5.23. The van der Waals surface area contributed by atoms with Gasteiger partial charge in [0, 0.05) is 5.69 Å². The average Bonchev–Trinajstić information content (AvgIpc) is 3.33. The molecule has 1 fully saturated rings. The number of carbonyl (C=O) groups is 3. The topological polar surface area (TPSA) is 94.1 Å². The van der Waals surface area contributed by atoms with Crippen molar-refractivity contribution >= 4 is 35.3 Å². The molecule has 0 bridgehead atoms. The van der Waals surface area contributed by atoms with E-state index < -0.39 is 17.7 Å². The second-order valence-corrected chi connectivity index (χ2v) is 7.50. The fraction of sp³-hybridized carbons (Fsp3) is 0.273. The number of likely N-dealkylation sites (tertiary alicyclic amines) is 1. The minimum Gasteiger partial charge on any atom is -0.306 e. The molecule has 0 aromatic heterocycles. The van der Waals surface area contributed by atoms with Gasteiger partial charge < -0.3 is 5.32 Å². The molecule has 1 saturated heterocycles. The van der Waals surface area contributed by atoms with Crippen molar-refractivity contribution in [3.05, 3.63) is 59.2 Å². The first-order valence-corrected chi connectivity index (χ1v) is 9.90. The molecule has 4 rings (SSSR count). The van der Waals surface area contributed by atoms with E-state index in [4.69, 9.17) is 0 Å². The molecule has 2 aromatic rings. The zero-order chi connectivity index (χ0) is 21.1. The normalized spacial score (nSPS) is 16.4. The molecule has 2 aliphatic heterocycles. The number of fused-ring (bicyclic) bond motifs is 1.